The first kappa shape index (κ1) is 20.1. The summed E-state index contributed by atoms with van der Waals surface area (Å²) in [5.74, 6) is 1.89. The van der Waals surface area contributed by atoms with Crippen molar-refractivity contribution < 1.29 is 9.31 Å². The highest BCUT2D eigenvalue weighted by Crippen LogP contribution is 2.64. The number of hydrogen-bond donors (Lipinski definition) is 0. The van der Waals surface area contributed by atoms with Gasteiger partial charge < -0.3 is 13.5 Å². The molecular formula is C19H40BNO2Si2. The maximum Gasteiger partial charge on any atom is 0.474 e. The molecule has 0 aromatic heterocycles. The van der Waals surface area contributed by atoms with Gasteiger partial charge in [0.05, 0.1) is 11.7 Å². The smallest absolute Gasteiger partial charge is 0.404 e. The summed E-state index contributed by atoms with van der Waals surface area (Å²) in [6, 6.07) is 0. The van der Waals surface area contributed by atoms with Gasteiger partial charge in [-0.3, -0.25) is 0 Å². The van der Waals surface area contributed by atoms with Crippen LogP contribution < -0.4 is 0 Å². The van der Waals surface area contributed by atoms with Crippen molar-refractivity contribution in [3.05, 3.63) is 0 Å². The Morgan fingerprint density at radius 3 is 2.08 bits per heavy atom. The predicted molar refractivity (Wildman–Crippen MR) is 113 cm³/mol. The monoisotopic (exact) mass is 381 g/mol. The van der Waals surface area contributed by atoms with E-state index in [9.17, 15) is 0 Å². The summed E-state index contributed by atoms with van der Waals surface area (Å²) in [7, 11) is -2.94. The van der Waals surface area contributed by atoms with Gasteiger partial charge in [-0.25, -0.2) is 0 Å². The predicted octanol–water partition coefficient (Wildman–Crippen LogP) is 5.00. The third-order valence-electron chi connectivity index (χ3n) is 7.34. The van der Waals surface area contributed by atoms with Gasteiger partial charge in [0, 0.05) is 5.94 Å². The largest absolute Gasteiger partial charge is 0.474 e. The van der Waals surface area contributed by atoms with Crippen LogP contribution in [-0.2, 0) is 9.31 Å². The van der Waals surface area contributed by atoms with Gasteiger partial charge in [0.1, 0.15) is 16.5 Å². The molecule has 4 rings (SSSR count). The summed E-state index contributed by atoms with van der Waals surface area (Å²) in [6.45, 7) is 24.4. The van der Waals surface area contributed by atoms with E-state index in [2.05, 4.69) is 71.2 Å². The van der Waals surface area contributed by atoms with E-state index >= 15 is 0 Å². The fraction of sp³-hybridized carbons (Fsp3) is 1.00. The molecule has 0 amide bonds. The molecule has 3 saturated carbocycles. The first-order valence-corrected chi connectivity index (χ1v) is 17.2. The van der Waals surface area contributed by atoms with Crippen molar-refractivity contribution in [2.45, 2.75) is 104 Å². The Morgan fingerprint density at radius 2 is 1.64 bits per heavy atom. The Bertz CT molecular complexity index is 516. The van der Waals surface area contributed by atoms with Gasteiger partial charge >= 0.3 is 7.12 Å². The average molecular weight is 382 g/mol. The van der Waals surface area contributed by atoms with E-state index in [1.54, 1.807) is 0 Å². The molecule has 0 aromatic carbocycles. The van der Waals surface area contributed by atoms with E-state index in [-0.39, 0.29) is 18.8 Å². The topological polar surface area (TPSA) is 21.7 Å². The van der Waals surface area contributed by atoms with Gasteiger partial charge in [-0.2, -0.15) is 0 Å². The van der Waals surface area contributed by atoms with Crippen molar-refractivity contribution in [1.29, 1.82) is 0 Å². The Morgan fingerprint density at radius 1 is 1.08 bits per heavy atom. The lowest BCUT2D eigenvalue weighted by Gasteiger charge is -2.63. The van der Waals surface area contributed by atoms with E-state index in [0.29, 0.717) is 17.3 Å². The van der Waals surface area contributed by atoms with E-state index in [1.807, 2.05) is 0 Å². The number of rotatable bonds is 5. The molecule has 3 nitrogen and oxygen atoms in total. The maximum atomic E-state index is 6.76. The third-order valence-corrected chi connectivity index (χ3v) is 14.9. The van der Waals surface area contributed by atoms with Crippen LogP contribution in [0.1, 0.15) is 47.0 Å². The van der Waals surface area contributed by atoms with Gasteiger partial charge in [0.25, 0.3) is 0 Å². The first-order valence-electron chi connectivity index (χ1n) is 10.3. The standard InChI is InChI=1S/C19H40BNO2Si2/c1-11-16(21(24(5,6)7)25(8,9)10)20-22-17-15-12-14(18(15,2)3)13-19(17,4)23-20/h14-17H,11-13H2,1-10H3/t14?,15-,16+,17+,19-/m1/s1. The molecule has 4 aliphatic rings. The quantitative estimate of drug-likeness (QED) is 0.625. The molecule has 1 saturated heterocycles. The zero-order valence-electron chi connectivity index (χ0n) is 18.3. The van der Waals surface area contributed by atoms with E-state index in [1.165, 1.54) is 12.8 Å². The highest BCUT2D eigenvalue weighted by Gasteiger charge is 2.67. The summed E-state index contributed by atoms with van der Waals surface area (Å²) in [5.41, 5.74) is 0.368. The van der Waals surface area contributed by atoms with Crippen LogP contribution in [0.15, 0.2) is 0 Å². The van der Waals surface area contributed by atoms with Crippen LogP contribution in [0.25, 0.3) is 0 Å². The Balaban J connectivity index is 1.86. The Hall–Kier alpha value is 0.379. The minimum Gasteiger partial charge on any atom is -0.404 e. The van der Waals surface area contributed by atoms with Crippen LogP contribution in [0, 0.1) is 17.3 Å². The lowest BCUT2D eigenvalue weighted by molar-refractivity contribution is -0.185. The summed E-state index contributed by atoms with van der Waals surface area (Å²) in [4.78, 5) is 0. The van der Waals surface area contributed by atoms with Gasteiger partial charge in [-0.1, -0.05) is 60.1 Å². The highest BCUT2D eigenvalue weighted by atomic mass is 28.4. The summed E-state index contributed by atoms with van der Waals surface area (Å²) in [6.07, 6.45) is 3.91. The summed E-state index contributed by atoms with van der Waals surface area (Å²) in [5, 5.41) is 0. The van der Waals surface area contributed by atoms with E-state index < -0.39 is 16.5 Å². The van der Waals surface area contributed by atoms with Crippen molar-refractivity contribution in [2.24, 2.45) is 17.3 Å². The molecule has 0 radical (unpaired) electrons. The average Bonchev–Trinajstić information content (AvgIpc) is 2.78. The van der Waals surface area contributed by atoms with Crippen molar-refractivity contribution in [3.63, 3.8) is 0 Å². The second kappa shape index (κ2) is 5.94. The fourth-order valence-electron chi connectivity index (χ4n) is 6.41. The highest BCUT2D eigenvalue weighted by molar-refractivity contribution is 6.90. The molecule has 0 N–H and O–H groups in total. The van der Waals surface area contributed by atoms with E-state index in [4.69, 9.17) is 9.31 Å². The number of hydrogen-bond acceptors (Lipinski definition) is 3. The zero-order chi connectivity index (χ0) is 19.0. The molecule has 5 atom stereocenters. The summed E-state index contributed by atoms with van der Waals surface area (Å²) < 4.78 is 16.4. The third kappa shape index (κ3) is 3.14. The van der Waals surface area contributed by atoms with E-state index in [0.717, 1.165) is 12.3 Å². The lowest BCUT2D eigenvalue weighted by atomic mass is 9.45. The zero-order valence-corrected chi connectivity index (χ0v) is 20.3. The van der Waals surface area contributed by atoms with Gasteiger partial charge in [-0.15, -0.1) is 0 Å². The van der Waals surface area contributed by atoms with Crippen LogP contribution in [0.2, 0.25) is 39.3 Å². The minimum absolute atomic E-state index is 0.0476. The molecule has 3 aliphatic carbocycles. The number of nitrogens with zero attached hydrogens (tertiary/aromatic N) is 1. The van der Waals surface area contributed by atoms with Gasteiger partial charge in [0.2, 0.25) is 0 Å². The van der Waals surface area contributed by atoms with Crippen molar-refractivity contribution in [3.8, 4) is 0 Å². The fourth-order valence-corrected chi connectivity index (χ4v) is 17.1. The Labute approximate surface area is 158 Å². The molecule has 144 valence electrons. The molecule has 4 fully saturated rings. The van der Waals surface area contributed by atoms with Crippen LogP contribution in [0.3, 0.4) is 0 Å². The normalized spacial score (nSPS) is 38.5. The SMILES string of the molecule is CC[C@@H](B1O[C@H]2[C@H]3CC(C[C@@]2(C)O1)C3(C)C)N([Si](C)(C)C)[Si](C)(C)C. The molecule has 1 heterocycles. The molecule has 0 aromatic rings. The molecule has 1 unspecified atom stereocenters. The summed E-state index contributed by atoms with van der Waals surface area (Å²) >= 11 is 0. The van der Waals surface area contributed by atoms with Crippen molar-refractivity contribution in [2.75, 3.05) is 0 Å². The second-order valence-electron chi connectivity index (χ2n) is 11.6. The molecule has 25 heavy (non-hydrogen) atoms. The molecule has 1 aliphatic heterocycles. The maximum absolute atomic E-state index is 6.76. The Kier molecular flexibility index (Phi) is 4.78. The molecular weight excluding hydrogens is 341 g/mol. The van der Waals surface area contributed by atoms with Gasteiger partial charge in [-0.05, 0) is 43.4 Å². The van der Waals surface area contributed by atoms with Crippen LogP contribution >= 0.6 is 0 Å². The van der Waals surface area contributed by atoms with Crippen LogP contribution in [0.4, 0.5) is 0 Å². The van der Waals surface area contributed by atoms with Crippen LogP contribution in [-0.4, -0.2) is 45.5 Å². The second-order valence-corrected chi connectivity index (χ2v) is 21.7. The van der Waals surface area contributed by atoms with Crippen molar-refractivity contribution in [1.82, 2.24) is 4.23 Å². The minimum atomic E-state index is -1.45. The van der Waals surface area contributed by atoms with Crippen LogP contribution in [0.5, 0.6) is 0 Å². The molecule has 6 heteroatoms. The molecule has 2 bridgehead atoms. The molecule has 0 spiro atoms. The lowest BCUT2D eigenvalue weighted by Crippen LogP contribution is -2.67. The van der Waals surface area contributed by atoms with Crippen molar-refractivity contribution >= 4 is 23.6 Å². The first-order chi connectivity index (χ1) is 11.2. The van der Waals surface area contributed by atoms with Gasteiger partial charge in [0.15, 0.2) is 0 Å².